The van der Waals surface area contributed by atoms with Crippen molar-refractivity contribution in [1.82, 2.24) is 19.7 Å². The number of rotatable bonds is 4. The summed E-state index contributed by atoms with van der Waals surface area (Å²) in [6.45, 7) is 5.76. The van der Waals surface area contributed by atoms with Crippen LogP contribution in [-0.2, 0) is 4.74 Å². The molecule has 0 amide bonds. The van der Waals surface area contributed by atoms with E-state index in [0.29, 0.717) is 22.9 Å². The Morgan fingerprint density at radius 1 is 1.18 bits per heavy atom. The molecule has 1 aliphatic heterocycles. The number of methoxy groups -OCH3 is 1. The van der Waals surface area contributed by atoms with Gasteiger partial charge in [-0.3, -0.25) is 9.78 Å². The maximum Gasteiger partial charge on any atom is 0.263 e. The normalized spacial score (nSPS) is 19.7. The Labute approximate surface area is 163 Å². The predicted octanol–water partition coefficient (Wildman–Crippen LogP) is 2.83. The Bertz CT molecular complexity index is 1090. The van der Waals surface area contributed by atoms with Crippen LogP contribution >= 0.6 is 0 Å². The molecule has 2 fully saturated rings. The fourth-order valence-corrected chi connectivity index (χ4v) is 4.29. The van der Waals surface area contributed by atoms with Crippen molar-refractivity contribution in [3.63, 3.8) is 0 Å². The van der Waals surface area contributed by atoms with Crippen molar-refractivity contribution < 1.29 is 4.74 Å². The lowest BCUT2D eigenvalue weighted by Crippen LogP contribution is -2.26. The van der Waals surface area contributed by atoms with Gasteiger partial charge in [-0.15, -0.1) is 5.10 Å². The molecule has 0 radical (unpaired) electrons. The Balaban J connectivity index is 1.55. The number of aryl methyl sites for hydroxylation is 2. The summed E-state index contributed by atoms with van der Waals surface area (Å²) in [6, 6.07) is 4.51. The van der Waals surface area contributed by atoms with Crippen LogP contribution in [0.4, 0.5) is 5.95 Å². The average molecular weight is 379 g/mol. The van der Waals surface area contributed by atoms with Gasteiger partial charge in [0.25, 0.3) is 5.56 Å². The van der Waals surface area contributed by atoms with Crippen LogP contribution < -0.4 is 10.5 Å². The van der Waals surface area contributed by atoms with Crippen molar-refractivity contribution in [3.8, 4) is 5.69 Å². The Hall–Kier alpha value is -2.67. The van der Waals surface area contributed by atoms with Crippen LogP contribution in [0, 0.1) is 13.8 Å². The zero-order valence-electron chi connectivity index (χ0n) is 16.5. The first-order valence-corrected chi connectivity index (χ1v) is 9.92. The lowest BCUT2D eigenvalue weighted by Gasteiger charge is -2.15. The van der Waals surface area contributed by atoms with Gasteiger partial charge < -0.3 is 9.64 Å². The molecule has 3 heterocycles. The topological polar surface area (TPSA) is 76.0 Å². The average Bonchev–Trinajstić information content (AvgIpc) is 3.24. The first-order chi connectivity index (χ1) is 13.5. The molecule has 3 aromatic rings. The van der Waals surface area contributed by atoms with Gasteiger partial charge in [-0.05, 0) is 55.7 Å². The summed E-state index contributed by atoms with van der Waals surface area (Å²) in [6.07, 6.45) is 5.46. The monoisotopic (exact) mass is 379 g/mol. The van der Waals surface area contributed by atoms with Crippen LogP contribution in [0.2, 0.25) is 0 Å². The fourth-order valence-electron chi connectivity index (χ4n) is 4.29. The molecule has 7 nitrogen and oxygen atoms in total. The van der Waals surface area contributed by atoms with Crippen LogP contribution in [0.5, 0.6) is 0 Å². The molecule has 1 unspecified atom stereocenters. The lowest BCUT2D eigenvalue weighted by molar-refractivity contribution is 0.121. The molecule has 5 rings (SSSR count). The summed E-state index contributed by atoms with van der Waals surface area (Å²) >= 11 is 0. The highest BCUT2D eigenvalue weighted by molar-refractivity contribution is 5.75. The van der Waals surface area contributed by atoms with Crippen LogP contribution in [0.15, 0.2) is 23.1 Å². The molecular weight excluding hydrogens is 354 g/mol. The number of anilines is 1. The first kappa shape index (κ1) is 17.4. The van der Waals surface area contributed by atoms with E-state index in [-0.39, 0.29) is 11.7 Å². The van der Waals surface area contributed by atoms with E-state index < -0.39 is 0 Å². The van der Waals surface area contributed by atoms with Crippen LogP contribution in [0.1, 0.15) is 41.9 Å². The minimum absolute atomic E-state index is 0.156. The van der Waals surface area contributed by atoms with E-state index in [1.54, 1.807) is 18.0 Å². The highest BCUT2D eigenvalue weighted by Gasteiger charge is 2.26. The van der Waals surface area contributed by atoms with Crippen LogP contribution in [0.25, 0.3) is 16.7 Å². The summed E-state index contributed by atoms with van der Waals surface area (Å²) in [5.41, 5.74) is 5.11. The molecule has 0 bridgehead atoms. The van der Waals surface area contributed by atoms with Gasteiger partial charge in [0.2, 0.25) is 5.95 Å². The molecule has 1 saturated heterocycles. The number of ether oxygens (including phenoxy) is 1. The van der Waals surface area contributed by atoms with Crippen LogP contribution in [0.3, 0.4) is 0 Å². The second-order valence-corrected chi connectivity index (χ2v) is 8.07. The highest BCUT2D eigenvalue weighted by atomic mass is 16.5. The molecule has 7 heteroatoms. The van der Waals surface area contributed by atoms with Crippen molar-refractivity contribution in [3.05, 3.63) is 45.4 Å². The zero-order chi connectivity index (χ0) is 19.4. The van der Waals surface area contributed by atoms with Crippen molar-refractivity contribution in [2.45, 2.75) is 45.1 Å². The quantitative estimate of drug-likeness (QED) is 0.754. The standard InChI is InChI=1S/C21H25N5O2/c1-12-8-15(14-4-5-14)9-13(2)18(12)26-11-17-19(24-26)22-21(23-20(17)27)25-7-6-16(10-25)28-3/h8-9,11,14,16H,4-7,10H2,1-3H3,(H,22,23,24,27). The molecule has 28 heavy (non-hydrogen) atoms. The van der Waals surface area contributed by atoms with E-state index in [1.165, 1.54) is 29.5 Å². The summed E-state index contributed by atoms with van der Waals surface area (Å²) in [4.78, 5) is 22.3. The van der Waals surface area contributed by atoms with Crippen molar-refractivity contribution >= 4 is 17.0 Å². The molecule has 1 saturated carbocycles. The van der Waals surface area contributed by atoms with Crippen molar-refractivity contribution in [2.24, 2.45) is 0 Å². The third-order valence-electron chi connectivity index (χ3n) is 5.95. The van der Waals surface area contributed by atoms with Gasteiger partial charge in [0.1, 0.15) is 5.39 Å². The largest absolute Gasteiger partial charge is 0.380 e. The summed E-state index contributed by atoms with van der Waals surface area (Å²) in [7, 11) is 1.72. The Kier molecular flexibility index (Phi) is 4.01. The second-order valence-electron chi connectivity index (χ2n) is 8.07. The molecule has 2 aliphatic rings. The van der Waals surface area contributed by atoms with Crippen LogP contribution in [-0.4, -0.2) is 46.1 Å². The summed E-state index contributed by atoms with van der Waals surface area (Å²) in [5, 5.41) is 5.16. The molecular formula is C21H25N5O2. The minimum atomic E-state index is -0.156. The number of nitrogens with one attached hydrogen (secondary N) is 1. The van der Waals surface area contributed by atoms with E-state index in [9.17, 15) is 4.79 Å². The molecule has 1 atom stereocenters. The molecule has 1 aliphatic carbocycles. The molecule has 1 aromatic carbocycles. The zero-order valence-corrected chi connectivity index (χ0v) is 16.5. The first-order valence-electron chi connectivity index (χ1n) is 9.92. The van der Waals surface area contributed by atoms with Gasteiger partial charge in [-0.1, -0.05) is 12.1 Å². The smallest absolute Gasteiger partial charge is 0.263 e. The fraction of sp³-hybridized carbons (Fsp3) is 0.476. The number of aromatic nitrogens is 4. The van der Waals surface area contributed by atoms with Gasteiger partial charge in [-0.2, -0.15) is 4.98 Å². The number of fused-ring (bicyclic) bond motifs is 1. The highest BCUT2D eigenvalue weighted by Crippen LogP contribution is 2.41. The summed E-state index contributed by atoms with van der Waals surface area (Å²) in [5.74, 6) is 1.28. The second kappa shape index (κ2) is 6.44. The van der Waals surface area contributed by atoms with Crippen molar-refractivity contribution in [2.75, 3.05) is 25.1 Å². The Morgan fingerprint density at radius 3 is 2.57 bits per heavy atom. The van der Waals surface area contributed by atoms with E-state index in [4.69, 9.17) is 4.74 Å². The predicted molar refractivity (Wildman–Crippen MR) is 109 cm³/mol. The molecule has 146 valence electrons. The van der Waals surface area contributed by atoms with E-state index >= 15 is 0 Å². The van der Waals surface area contributed by atoms with Crippen molar-refractivity contribution in [1.29, 1.82) is 0 Å². The van der Waals surface area contributed by atoms with Gasteiger partial charge in [0.05, 0.1) is 11.8 Å². The van der Waals surface area contributed by atoms with Gasteiger partial charge in [0, 0.05) is 26.4 Å². The molecule has 1 N–H and O–H groups in total. The van der Waals surface area contributed by atoms with E-state index in [0.717, 1.165) is 25.2 Å². The van der Waals surface area contributed by atoms with Gasteiger partial charge in [-0.25, -0.2) is 4.68 Å². The SMILES string of the molecule is COC1CCN(c2nc3nn(-c4c(C)cc(C5CC5)cc4C)cc3c(=O)[nH]2)C1. The number of H-pyrrole nitrogens is 1. The number of hydrogen-bond acceptors (Lipinski definition) is 5. The lowest BCUT2D eigenvalue weighted by atomic mass is 10.0. The molecule has 0 spiro atoms. The Morgan fingerprint density at radius 2 is 1.93 bits per heavy atom. The number of benzene rings is 1. The number of aromatic amines is 1. The third-order valence-corrected chi connectivity index (χ3v) is 5.95. The summed E-state index contributed by atoms with van der Waals surface area (Å²) < 4.78 is 7.22. The third kappa shape index (κ3) is 2.90. The molecule has 2 aromatic heterocycles. The van der Waals surface area contributed by atoms with Gasteiger partial charge >= 0.3 is 0 Å². The number of hydrogen-bond donors (Lipinski definition) is 1. The maximum absolute atomic E-state index is 12.7. The van der Waals surface area contributed by atoms with E-state index in [2.05, 4.69) is 45.9 Å². The van der Waals surface area contributed by atoms with E-state index in [1.807, 2.05) is 0 Å². The minimum Gasteiger partial charge on any atom is -0.380 e. The van der Waals surface area contributed by atoms with Gasteiger partial charge in [0.15, 0.2) is 5.65 Å². The maximum atomic E-state index is 12.7. The number of nitrogens with zero attached hydrogens (tertiary/aromatic N) is 4.